The van der Waals surface area contributed by atoms with Crippen LogP contribution >= 0.6 is 0 Å². The van der Waals surface area contributed by atoms with Crippen LogP contribution in [0.1, 0.15) is 30.7 Å². The van der Waals surface area contributed by atoms with E-state index in [1.165, 1.54) is 0 Å². The van der Waals surface area contributed by atoms with E-state index in [1.54, 1.807) is 11.2 Å². The molecule has 0 aliphatic carbocycles. The molecule has 1 aliphatic rings. The van der Waals surface area contributed by atoms with Crippen molar-refractivity contribution in [3.8, 4) is 0 Å². The molecule has 2 heterocycles. The van der Waals surface area contributed by atoms with Crippen LogP contribution in [0.4, 0.5) is 11.4 Å². The van der Waals surface area contributed by atoms with E-state index in [4.69, 9.17) is 4.42 Å². The number of amides is 2. The van der Waals surface area contributed by atoms with E-state index in [-0.39, 0.29) is 36.9 Å². The Morgan fingerprint density at radius 2 is 1.90 bits per heavy atom. The summed E-state index contributed by atoms with van der Waals surface area (Å²) in [6, 6.07) is 20.5. The van der Waals surface area contributed by atoms with Crippen molar-refractivity contribution in [2.24, 2.45) is 0 Å². The standard InChI is InChI=1S/C23H23N3O3/c1-16-14-21(27)25-18-10-5-6-11-19(18)26(16)22(28)15-24-23(20-12-7-13-29-20)17-8-3-2-4-9-17/h2-13,16,23-24H,14-15H2,1H3,(H,25,27)/t16-,23+/m1/s1. The van der Waals surface area contributed by atoms with Crippen molar-refractivity contribution < 1.29 is 14.0 Å². The molecule has 0 unspecified atom stereocenters. The molecule has 4 rings (SSSR count). The topological polar surface area (TPSA) is 74.6 Å². The summed E-state index contributed by atoms with van der Waals surface area (Å²) >= 11 is 0. The van der Waals surface area contributed by atoms with Gasteiger partial charge in [0.25, 0.3) is 0 Å². The summed E-state index contributed by atoms with van der Waals surface area (Å²) in [6.45, 7) is 1.99. The summed E-state index contributed by atoms with van der Waals surface area (Å²) in [5.41, 5.74) is 2.38. The number of carbonyl (C=O) groups excluding carboxylic acids is 2. The number of para-hydroxylation sites is 2. The van der Waals surface area contributed by atoms with Crippen molar-refractivity contribution in [3.05, 3.63) is 84.3 Å². The van der Waals surface area contributed by atoms with Crippen LogP contribution in [-0.4, -0.2) is 24.4 Å². The van der Waals surface area contributed by atoms with Crippen molar-refractivity contribution in [2.75, 3.05) is 16.8 Å². The zero-order valence-electron chi connectivity index (χ0n) is 16.2. The lowest BCUT2D eigenvalue weighted by atomic mass is 10.0. The number of hydrogen-bond donors (Lipinski definition) is 2. The molecule has 0 spiro atoms. The fourth-order valence-corrected chi connectivity index (χ4v) is 3.73. The summed E-state index contributed by atoms with van der Waals surface area (Å²) < 4.78 is 5.60. The van der Waals surface area contributed by atoms with Gasteiger partial charge in [-0.3, -0.25) is 14.9 Å². The quantitative estimate of drug-likeness (QED) is 0.697. The van der Waals surface area contributed by atoms with Gasteiger partial charge in [-0.1, -0.05) is 42.5 Å². The monoisotopic (exact) mass is 389 g/mol. The Morgan fingerprint density at radius 1 is 1.14 bits per heavy atom. The molecule has 6 nitrogen and oxygen atoms in total. The van der Waals surface area contributed by atoms with Crippen molar-refractivity contribution in [2.45, 2.75) is 25.4 Å². The van der Waals surface area contributed by atoms with Crippen LogP contribution in [0.2, 0.25) is 0 Å². The second kappa shape index (κ2) is 8.32. The van der Waals surface area contributed by atoms with Gasteiger partial charge in [-0.15, -0.1) is 0 Å². The lowest BCUT2D eigenvalue weighted by molar-refractivity contribution is -0.118. The highest BCUT2D eigenvalue weighted by molar-refractivity contribution is 6.04. The average Bonchev–Trinajstić information content (AvgIpc) is 3.20. The van der Waals surface area contributed by atoms with Crippen LogP contribution in [0.15, 0.2) is 77.4 Å². The number of nitrogens with one attached hydrogen (secondary N) is 2. The normalized spacial score (nSPS) is 17.2. The fraction of sp³-hybridized carbons (Fsp3) is 0.217. The first-order valence-corrected chi connectivity index (χ1v) is 9.66. The third-order valence-electron chi connectivity index (χ3n) is 5.05. The molecular weight excluding hydrogens is 366 g/mol. The highest BCUT2D eigenvalue weighted by Gasteiger charge is 2.30. The maximum Gasteiger partial charge on any atom is 0.241 e. The molecule has 1 aliphatic heterocycles. The van der Waals surface area contributed by atoms with Crippen molar-refractivity contribution >= 4 is 23.2 Å². The van der Waals surface area contributed by atoms with Gasteiger partial charge < -0.3 is 14.6 Å². The van der Waals surface area contributed by atoms with Gasteiger partial charge in [0.05, 0.1) is 30.2 Å². The average molecular weight is 389 g/mol. The molecule has 0 saturated heterocycles. The zero-order valence-corrected chi connectivity index (χ0v) is 16.2. The minimum Gasteiger partial charge on any atom is -0.467 e. The number of nitrogens with zero attached hydrogens (tertiary/aromatic N) is 1. The van der Waals surface area contributed by atoms with Crippen molar-refractivity contribution in [1.29, 1.82) is 0 Å². The Hall–Kier alpha value is -3.38. The molecule has 0 saturated carbocycles. The Kier molecular flexibility index (Phi) is 5.44. The molecule has 148 valence electrons. The van der Waals surface area contributed by atoms with E-state index in [9.17, 15) is 9.59 Å². The Bertz CT molecular complexity index is 986. The van der Waals surface area contributed by atoms with Crippen LogP contribution in [-0.2, 0) is 9.59 Å². The molecule has 29 heavy (non-hydrogen) atoms. The number of carbonyl (C=O) groups is 2. The summed E-state index contributed by atoms with van der Waals surface area (Å²) in [6.07, 6.45) is 1.87. The van der Waals surface area contributed by atoms with E-state index in [2.05, 4.69) is 10.6 Å². The molecule has 6 heteroatoms. The third kappa shape index (κ3) is 4.07. The number of fused-ring (bicyclic) bond motifs is 1. The third-order valence-corrected chi connectivity index (χ3v) is 5.05. The van der Waals surface area contributed by atoms with E-state index in [1.807, 2.05) is 73.7 Å². The number of furan rings is 1. The lowest BCUT2D eigenvalue weighted by Crippen LogP contribution is -2.44. The van der Waals surface area contributed by atoms with E-state index < -0.39 is 0 Å². The lowest BCUT2D eigenvalue weighted by Gasteiger charge is -2.29. The van der Waals surface area contributed by atoms with Gasteiger partial charge in [0.1, 0.15) is 5.76 Å². The fourth-order valence-electron chi connectivity index (χ4n) is 3.73. The maximum absolute atomic E-state index is 13.2. The van der Waals surface area contributed by atoms with Gasteiger partial charge in [-0.25, -0.2) is 0 Å². The number of anilines is 2. The van der Waals surface area contributed by atoms with Crippen molar-refractivity contribution in [1.82, 2.24) is 5.32 Å². The molecule has 1 aromatic heterocycles. The second-order valence-electron chi connectivity index (χ2n) is 7.12. The summed E-state index contributed by atoms with van der Waals surface area (Å²) in [5.74, 6) is 0.546. The van der Waals surface area contributed by atoms with Crippen LogP contribution in [0.3, 0.4) is 0 Å². The molecule has 0 bridgehead atoms. The maximum atomic E-state index is 13.2. The molecule has 2 atom stereocenters. The first-order chi connectivity index (χ1) is 14.1. The van der Waals surface area contributed by atoms with E-state index >= 15 is 0 Å². The SMILES string of the molecule is C[C@@H]1CC(=O)Nc2ccccc2N1C(=O)CN[C@@H](c1ccccc1)c1ccco1. The van der Waals surface area contributed by atoms with Gasteiger partial charge in [-0.2, -0.15) is 0 Å². The van der Waals surface area contributed by atoms with Crippen LogP contribution < -0.4 is 15.5 Å². The van der Waals surface area contributed by atoms with E-state index in [0.29, 0.717) is 11.4 Å². The Labute approximate surface area is 169 Å². The van der Waals surface area contributed by atoms with E-state index in [0.717, 1.165) is 11.3 Å². The molecule has 2 amide bonds. The minimum absolute atomic E-state index is 0.0917. The summed E-state index contributed by atoms with van der Waals surface area (Å²) in [5, 5.41) is 6.21. The molecule has 3 aromatic rings. The van der Waals surface area contributed by atoms with Crippen LogP contribution in [0.25, 0.3) is 0 Å². The largest absolute Gasteiger partial charge is 0.467 e. The summed E-state index contributed by atoms with van der Waals surface area (Å²) in [7, 11) is 0. The first-order valence-electron chi connectivity index (χ1n) is 9.66. The van der Waals surface area contributed by atoms with Crippen LogP contribution in [0, 0.1) is 0 Å². The van der Waals surface area contributed by atoms with Gasteiger partial charge in [0.15, 0.2) is 0 Å². The summed E-state index contributed by atoms with van der Waals surface area (Å²) in [4.78, 5) is 27.1. The number of benzene rings is 2. The van der Waals surface area contributed by atoms with Gasteiger partial charge in [0.2, 0.25) is 11.8 Å². The smallest absolute Gasteiger partial charge is 0.241 e. The molecule has 0 fully saturated rings. The highest BCUT2D eigenvalue weighted by Crippen LogP contribution is 2.31. The van der Waals surface area contributed by atoms with Crippen LogP contribution in [0.5, 0.6) is 0 Å². The molecule has 0 radical (unpaired) electrons. The first kappa shape index (κ1) is 19.0. The van der Waals surface area contributed by atoms with Gasteiger partial charge in [-0.05, 0) is 36.8 Å². The zero-order chi connectivity index (χ0) is 20.2. The number of hydrogen-bond acceptors (Lipinski definition) is 4. The predicted octanol–water partition coefficient (Wildman–Crippen LogP) is 3.72. The second-order valence-corrected chi connectivity index (χ2v) is 7.12. The molecular formula is C23H23N3O3. The Morgan fingerprint density at radius 3 is 2.66 bits per heavy atom. The molecule has 2 aromatic carbocycles. The van der Waals surface area contributed by atoms with Crippen molar-refractivity contribution in [3.63, 3.8) is 0 Å². The Balaban J connectivity index is 1.57. The van der Waals surface area contributed by atoms with Gasteiger partial charge >= 0.3 is 0 Å². The minimum atomic E-state index is -0.244. The van der Waals surface area contributed by atoms with Gasteiger partial charge in [0, 0.05) is 12.5 Å². The molecule has 2 N–H and O–H groups in total. The predicted molar refractivity (Wildman–Crippen MR) is 112 cm³/mol. The highest BCUT2D eigenvalue weighted by atomic mass is 16.3. The number of rotatable bonds is 5.